The van der Waals surface area contributed by atoms with Crippen LogP contribution in [-0.2, 0) is 17.9 Å². The lowest BCUT2D eigenvalue weighted by Crippen LogP contribution is -2.10. The molecule has 0 bridgehead atoms. The molecule has 0 saturated heterocycles. The first-order valence-corrected chi connectivity index (χ1v) is 8.43. The van der Waals surface area contributed by atoms with Gasteiger partial charge in [0, 0.05) is 23.7 Å². The Morgan fingerprint density at radius 3 is 2.54 bits per heavy atom. The molecule has 0 N–H and O–H groups in total. The van der Waals surface area contributed by atoms with Crippen molar-refractivity contribution in [3.05, 3.63) is 57.3 Å². The highest BCUT2D eigenvalue weighted by Crippen LogP contribution is 2.28. The molecule has 24 heavy (non-hydrogen) atoms. The van der Waals surface area contributed by atoms with Gasteiger partial charge in [-0.25, -0.2) is 4.98 Å². The number of aromatic nitrogens is 2. The van der Waals surface area contributed by atoms with Crippen molar-refractivity contribution in [2.45, 2.75) is 13.2 Å². The van der Waals surface area contributed by atoms with Gasteiger partial charge in [-0.15, -0.1) is 0 Å². The second kappa shape index (κ2) is 7.62. The third-order valence-corrected chi connectivity index (χ3v) is 4.32. The zero-order valence-electron chi connectivity index (χ0n) is 12.9. The van der Waals surface area contributed by atoms with Gasteiger partial charge in [0.25, 0.3) is 0 Å². The Hall–Kier alpha value is -1.46. The summed E-state index contributed by atoms with van der Waals surface area (Å²) < 4.78 is 13.1. The number of nitrogens with zero attached hydrogens (tertiary/aromatic N) is 2. The van der Waals surface area contributed by atoms with E-state index in [0.29, 0.717) is 34.0 Å². The Balaban J connectivity index is 1.89. The fourth-order valence-electron chi connectivity index (χ4n) is 2.43. The predicted octanol–water partition coefficient (Wildman–Crippen LogP) is 5.22. The molecule has 0 aliphatic carbocycles. The monoisotopic (exact) mass is 384 g/mol. The number of methoxy groups -OCH3 is 1. The predicted molar refractivity (Wildman–Crippen MR) is 97.4 cm³/mol. The molecule has 0 saturated carbocycles. The first-order chi connectivity index (χ1) is 11.6. The van der Waals surface area contributed by atoms with Gasteiger partial charge in [-0.1, -0.05) is 34.8 Å². The third-order valence-electron chi connectivity index (χ3n) is 3.56. The van der Waals surface area contributed by atoms with Gasteiger partial charge in [-0.3, -0.25) is 0 Å². The van der Waals surface area contributed by atoms with Crippen molar-refractivity contribution in [1.82, 2.24) is 9.55 Å². The normalized spacial score (nSPS) is 11.2. The highest BCUT2D eigenvalue weighted by molar-refractivity contribution is 6.35. The minimum atomic E-state index is 0.275. The first kappa shape index (κ1) is 17.4. The van der Waals surface area contributed by atoms with E-state index in [1.54, 1.807) is 25.3 Å². The Kier molecular flexibility index (Phi) is 5.51. The van der Waals surface area contributed by atoms with Crippen molar-refractivity contribution < 1.29 is 9.47 Å². The van der Waals surface area contributed by atoms with E-state index in [2.05, 4.69) is 9.55 Å². The number of hydrogen-bond acceptors (Lipinski definition) is 3. The van der Waals surface area contributed by atoms with E-state index in [9.17, 15) is 0 Å². The number of hydrogen-bond donors (Lipinski definition) is 0. The zero-order valence-corrected chi connectivity index (χ0v) is 15.2. The number of halogens is 3. The minimum Gasteiger partial charge on any atom is -0.484 e. The maximum Gasteiger partial charge on any atom is 0.148 e. The lowest BCUT2D eigenvalue weighted by Gasteiger charge is -2.11. The molecule has 0 amide bonds. The summed E-state index contributed by atoms with van der Waals surface area (Å²) in [5.74, 6) is 1.33. The molecule has 126 valence electrons. The van der Waals surface area contributed by atoms with Crippen LogP contribution in [0.5, 0.6) is 5.75 Å². The summed E-state index contributed by atoms with van der Waals surface area (Å²) in [6, 6.07) is 10.7. The summed E-state index contributed by atoms with van der Waals surface area (Å²) >= 11 is 18.1. The molecule has 0 fully saturated rings. The number of imidazole rings is 1. The zero-order chi connectivity index (χ0) is 17.1. The third kappa shape index (κ3) is 3.78. The van der Waals surface area contributed by atoms with Crippen molar-refractivity contribution in [3.63, 3.8) is 0 Å². The largest absolute Gasteiger partial charge is 0.484 e. The van der Waals surface area contributed by atoms with Gasteiger partial charge < -0.3 is 14.0 Å². The van der Waals surface area contributed by atoms with Crippen LogP contribution in [-0.4, -0.2) is 23.3 Å². The van der Waals surface area contributed by atoms with E-state index in [-0.39, 0.29) is 6.61 Å². The van der Waals surface area contributed by atoms with Crippen molar-refractivity contribution in [2.75, 3.05) is 13.7 Å². The number of benzene rings is 2. The molecule has 0 unspecified atom stereocenters. The highest BCUT2D eigenvalue weighted by Gasteiger charge is 2.12. The van der Waals surface area contributed by atoms with Gasteiger partial charge in [0.1, 0.15) is 18.2 Å². The van der Waals surface area contributed by atoms with Crippen LogP contribution in [0.2, 0.25) is 15.1 Å². The maximum absolute atomic E-state index is 6.14. The number of rotatable bonds is 6. The average molecular weight is 386 g/mol. The van der Waals surface area contributed by atoms with Crippen LogP contribution in [0.25, 0.3) is 11.0 Å². The van der Waals surface area contributed by atoms with Gasteiger partial charge in [0.2, 0.25) is 0 Å². The van der Waals surface area contributed by atoms with E-state index in [0.717, 1.165) is 16.9 Å². The average Bonchev–Trinajstić information content (AvgIpc) is 2.88. The Bertz CT molecular complexity index is 864. The van der Waals surface area contributed by atoms with E-state index in [1.807, 2.05) is 18.2 Å². The van der Waals surface area contributed by atoms with E-state index >= 15 is 0 Å². The molecule has 1 aromatic heterocycles. The molecule has 0 radical (unpaired) electrons. The Morgan fingerprint density at radius 1 is 1.04 bits per heavy atom. The molecule has 0 spiro atoms. The van der Waals surface area contributed by atoms with Crippen molar-refractivity contribution in [3.8, 4) is 5.75 Å². The molecule has 0 atom stereocenters. The topological polar surface area (TPSA) is 36.3 Å². The SMILES string of the molecule is COCCn1c(COc2ccc(Cl)cc2Cl)nc2cc(Cl)ccc21. The van der Waals surface area contributed by atoms with Crippen LogP contribution in [0.15, 0.2) is 36.4 Å². The molecule has 3 aromatic rings. The summed E-state index contributed by atoms with van der Waals surface area (Å²) in [7, 11) is 1.67. The van der Waals surface area contributed by atoms with Crippen molar-refractivity contribution >= 4 is 45.8 Å². The minimum absolute atomic E-state index is 0.275. The van der Waals surface area contributed by atoms with Crippen molar-refractivity contribution in [2.24, 2.45) is 0 Å². The van der Waals surface area contributed by atoms with E-state index in [1.165, 1.54) is 0 Å². The molecular weight excluding hydrogens is 371 g/mol. The molecular formula is C17H15Cl3N2O2. The Morgan fingerprint density at radius 2 is 1.79 bits per heavy atom. The highest BCUT2D eigenvalue weighted by atomic mass is 35.5. The molecule has 3 rings (SSSR count). The summed E-state index contributed by atoms with van der Waals surface area (Å²) in [5, 5.41) is 1.67. The second-order valence-electron chi connectivity index (χ2n) is 5.17. The summed E-state index contributed by atoms with van der Waals surface area (Å²) in [5.41, 5.74) is 1.80. The summed E-state index contributed by atoms with van der Waals surface area (Å²) in [6.45, 7) is 1.52. The first-order valence-electron chi connectivity index (χ1n) is 7.30. The standard InChI is InChI=1S/C17H15Cl3N2O2/c1-23-7-6-22-15-4-2-12(19)9-14(15)21-17(22)10-24-16-5-3-11(18)8-13(16)20/h2-5,8-9H,6-7,10H2,1H3. The lowest BCUT2D eigenvalue weighted by molar-refractivity contribution is 0.185. The Labute approximate surface area is 154 Å². The van der Waals surface area contributed by atoms with Crippen LogP contribution in [0, 0.1) is 0 Å². The van der Waals surface area contributed by atoms with Gasteiger partial charge in [0.05, 0.1) is 22.7 Å². The van der Waals surface area contributed by atoms with Gasteiger partial charge >= 0.3 is 0 Å². The summed E-state index contributed by atoms with van der Waals surface area (Å²) in [4.78, 5) is 4.62. The van der Waals surface area contributed by atoms with Crippen LogP contribution in [0.4, 0.5) is 0 Å². The van der Waals surface area contributed by atoms with Gasteiger partial charge in [-0.05, 0) is 36.4 Å². The van der Waals surface area contributed by atoms with Crippen LogP contribution < -0.4 is 4.74 Å². The molecule has 2 aromatic carbocycles. The molecule has 4 nitrogen and oxygen atoms in total. The van der Waals surface area contributed by atoms with Crippen LogP contribution in [0.3, 0.4) is 0 Å². The maximum atomic E-state index is 6.14. The molecule has 7 heteroatoms. The molecule has 1 heterocycles. The quantitative estimate of drug-likeness (QED) is 0.583. The van der Waals surface area contributed by atoms with Crippen molar-refractivity contribution in [1.29, 1.82) is 0 Å². The number of fused-ring (bicyclic) bond motifs is 1. The smallest absolute Gasteiger partial charge is 0.148 e. The second-order valence-corrected chi connectivity index (χ2v) is 6.45. The van der Waals surface area contributed by atoms with E-state index in [4.69, 9.17) is 44.3 Å². The van der Waals surface area contributed by atoms with Crippen LogP contribution in [0.1, 0.15) is 5.82 Å². The fourth-order valence-corrected chi connectivity index (χ4v) is 3.06. The number of ether oxygens (including phenoxy) is 2. The summed E-state index contributed by atoms with van der Waals surface area (Å²) in [6.07, 6.45) is 0. The molecule has 0 aliphatic heterocycles. The van der Waals surface area contributed by atoms with Crippen LogP contribution >= 0.6 is 34.8 Å². The molecule has 0 aliphatic rings. The van der Waals surface area contributed by atoms with Gasteiger partial charge in [-0.2, -0.15) is 0 Å². The van der Waals surface area contributed by atoms with Gasteiger partial charge in [0.15, 0.2) is 0 Å². The lowest BCUT2D eigenvalue weighted by atomic mass is 10.3. The fraction of sp³-hybridized carbons (Fsp3) is 0.235. The van der Waals surface area contributed by atoms with E-state index < -0.39 is 0 Å².